The molecule has 0 unspecified atom stereocenters. The molecule has 3 amide bonds. The zero-order valence-corrected chi connectivity index (χ0v) is 16.2. The van der Waals surface area contributed by atoms with E-state index in [4.69, 9.17) is 16.3 Å². The van der Waals surface area contributed by atoms with Crippen molar-refractivity contribution in [2.75, 3.05) is 29.2 Å². The van der Waals surface area contributed by atoms with Crippen LogP contribution in [0.2, 0.25) is 5.02 Å². The van der Waals surface area contributed by atoms with E-state index < -0.39 is 5.92 Å². The lowest BCUT2D eigenvalue weighted by Crippen LogP contribution is -2.28. The smallest absolute Gasteiger partial charge is 0.229 e. The molecule has 7 nitrogen and oxygen atoms in total. The molecule has 1 heterocycles. The maximum absolute atomic E-state index is 12.7. The molecule has 8 heteroatoms. The number of hydrogen-bond donors (Lipinski definition) is 2. The van der Waals surface area contributed by atoms with E-state index in [1.807, 2.05) is 0 Å². The first-order valence-corrected chi connectivity index (χ1v) is 9.07. The van der Waals surface area contributed by atoms with Crippen molar-refractivity contribution in [1.82, 2.24) is 0 Å². The molecule has 0 radical (unpaired) electrons. The van der Waals surface area contributed by atoms with Crippen molar-refractivity contribution in [3.05, 3.63) is 47.5 Å². The van der Waals surface area contributed by atoms with Gasteiger partial charge >= 0.3 is 0 Å². The van der Waals surface area contributed by atoms with Crippen molar-refractivity contribution in [3.8, 4) is 5.75 Å². The molecule has 0 spiro atoms. The molecule has 1 saturated heterocycles. The molecular formula is C20H20ClN3O4. The van der Waals surface area contributed by atoms with Crippen LogP contribution in [0, 0.1) is 5.92 Å². The molecule has 1 atom stereocenters. The minimum atomic E-state index is -0.513. The van der Waals surface area contributed by atoms with Crippen LogP contribution < -0.4 is 20.3 Å². The first-order valence-electron chi connectivity index (χ1n) is 8.70. The topological polar surface area (TPSA) is 87.7 Å². The maximum atomic E-state index is 12.7. The quantitative estimate of drug-likeness (QED) is 0.804. The summed E-state index contributed by atoms with van der Waals surface area (Å²) < 4.78 is 5.24. The Kier molecular flexibility index (Phi) is 5.84. The number of nitrogens with one attached hydrogen (secondary N) is 2. The molecule has 1 fully saturated rings. The molecule has 0 saturated carbocycles. The number of nitrogens with zero attached hydrogens (tertiary/aromatic N) is 1. The number of halogens is 1. The fourth-order valence-corrected chi connectivity index (χ4v) is 3.27. The van der Waals surface area contributed by atoms with Gasteiger partial charge in [-0.2, -0.15) is 0 Å². The lowest BCUT2D eigenvalue weighted by Gasteiger charge is -2.18. The molecule has 0 bridgehead atoms. The summed E-state index contributed by atoms with van der Waals surface area (Å²) in [5.74, 6) is -0.659. The Morgan fingerprint density at radius 3 is 2.68 bits per heavy atom. The number of methoxy groups -OCH3 is 1. The van der Waals surface area contributed by atoms with E-state index in [2.05, 4.69) is 10.6 Å². The summed E-state index contributed by atoms with van der Waals surface area (Å²) in [5.41, 5.74) is 1.68. The van der Waals surface area contributed by atoms with Gasteiger partial charge in [-0.25, -0.2) is 0 Å². The summed E-state index contributed by atoms with van der Waals surface area (Å²) in [6.07, 6.45) is 0.0963. The highest BCUT2D eigenvalue weighted by Crippen LogP contribution is 2.31. The highest BCUT2D eigenvalue weighted by molar-refractivity contribution is 6.31. The fourth-order valence-electron chi connectivity index (χ4n) is 3.10. The molecule has 146 valence electrons. The summed E-state index contributed by atoms with van der Waals surface area (Å²) in [5, 5.41) is 5.94. The number of benzene rings is 2. The molecule has 3 rings (SSSR count). The third-order valence-corrected chi connectivity index (χ3v) is 4.63. The van der Waals surface area contributed by atoms with Crippen molar-refractivity contribution in [3.63, 3.8) is 0 Å². The van der Waals surface area contributed by atoms with Gasteiger partial charge < -0.3 is 20.3 Å². The van der Waals surface area contributed by atoms with E-state index in [0.717, 1.165) is 0 Å². The van der Waals surface area contributed by atoms with Gasteiger partial charge in [0.15, 0.2) is 0 Å². The summed E-state index contributed by atoms with van der Waals surface area (Å²) >= 11 is 5.99. The number of anilines is 3. The summed E-state index contributed by atoms with van der Waals surface area (Å²) in [7, 11) is 1.50. The van der Waals surface area contributed by atoms with Gasteiger partial charge in [-0.15, -0.1) is 0 Å². The van der Waals surface area contributed by atoms with Crippen molar-refractivity contribution in [2.24, 2.45) is 5.92 Å². The number of carbonyl (C=O) groups is 3. The molecule has 2 N–H and O–H groups in total. The van der Waals surface area contributed by atoms with E-state index in [0.29, 0.717) is 27.8 Å². The normalized spacial score (nSPS) is 16.0. The van der Waals surface area contributed by atoms with Crippen LogP contribution in [0.15, 0.2) is 42.5 Å². The first kappa shape index (κ1) is 19.7. The van der Waals surface area contributed by atoms with Crippen molar-refractivity contribution < 1.29 is 19.1 Å². The second-order valence-electron chi connectivity index (χ2n) is 6.47. The third-order valence-electron chi connectivity index (χ3n) is 4.39. The van der Waals surface area contributed by atoms with Crippen LogP contribution in [0.25, 0.3) is 0 Å². The molecule has 0 aromatic heterocycles. The number of ether oxygens (including phenoxy) is 1. The standard InChI is InChI=1S/C20H20ClN3O4/c1-12(25)22-15-4-3-5-16(10-15)24-11-13(8-19(24)26)20(27)23-17-9-14(21)6-7-18(17)28-2/h3-7,9-10,13H,8,11H2,1-2H3,(H,22,25)(H,23,27)/t13-/m1/s1. The van der Waals surface area contributed by atoms with E-state index >= 15 is 0 Å². The highest BCUT2D eigenvalue weighted by atomic mass is 35.5. The maximum Gasteiger partial charge on any atom is 0.229 e. The molecule has 0 aliphatic carbocycles. The average molecular weight is 402 g/mol. The lowest BCUT2D eigenvalue weighted by molar-refractivity contribution is -0.122. The first-order chi connectivity index (χ1) is 13.4. The van der Waals surface area contributed by atoms with Gasteiger partial charge in [-0.3, -0.25) is 14.4 Å². The van der Waals surface area contributed by atoms with Gasteiger partial charge in [0.1, 0.15) is 5.75 Å². The van der Waals surface area contributed by atoms with E-state index in [1.54, 1.807) is 47.4 Å². The van der Waals surface area contributed by atoms with E-state index in [9.17, 15) is 14.4 Å². The van der Waals surface area contributed by atoms with Crippen molar-refractivity contribution >= 4 is 46.4 Å². The summed E-state index contributed by atoms with van der Waals surface area (Å²) in [6.45, 7) is 1.66. The molecule has 1 aliphatic heterocycles. The number of hydrogen-bond acceptors (Lipinski definition) is 4. The van der Waals surface area contributed by atoms with Gasteiger partial charge in [-0.1, -0.05) is 17.7 Å². The lowest BCUT2D eigenvalue weighted by atomic mass is 10.1. The number of amides is 3. The van der Waals surface area contributed by atoms with Gasteiger partial charge in [-0.05, 0) is 36.4 Å². The van der Waals surface area contributed by atoms with Crippen LogP contribution in [0.5, 0.6) is 5.75 Å². The second kappa shape index (κ2) is 8.31. The minimum Gasteiger partial charge on any atom is -0.495 e. The number of rotatable bonds is 5. The Morgan fingerprint density at radius 2 is 1.96 bits per heavy atom. The zero-order valence-electron chi connectivity index (χ0n) is 15.5. The Labute approximate surface area is 167 Å². The van der Waals surface area contributed by atoms with E-state index in [-0.39, 0.29) is 30.7 Å². The summed E-state index contributed by atoms with van der Waals surface area (Å²) in [6, 6.07) is 11.9. The summed E-state index contributed by atoms with van der Waals surface area (Å²) in [4.78, 5) is 37.9. The van der Waals surface area contributed by atoms with Gasteiger partial charge in [0.25, 0.3) is 0 Å². The predicted molar refractivity (Wildman–Crippen MR) is 108 cm³/mol. The predicted octanol–water partition coefficient (Wildman–Crippen LogP) is 3.30. The Hall–Kier alpha value is -3.06. The van der Waals surface area contributed by atoms with Crippen molar-refractivity contribution in [1.29, 1.82) is 0 Å². The van der Waals surface area contributed by atoms with Crippen LogP contribution in [0.4, 0.5) is 17.1 Å². The van der Waals surface area contributed by atoms with Crippen LogP contribution in [0.3, 0.4) is 0 Å². The Balaban J connectivity index is 1.73. The molecule has 28 heavy (non-hydrogen) atoms. The van der Waals surface area contributed by atoms with E-state index in [1.165, 1.54) is 14.0 Å². The minimum absolute atomic E-state index is 0.0963. The molecule has 2 aromatic carbocycles. The van der Waals surface area contributed by atoms with Crippen LogP contribution in [-0.2, 0) is 14.4 Å². The molecule has 2 aromatic rings. The number of carbonyl (C=O) groups excluding carboxylic acids is 3. The van der Waals surface area contributed by atoms with Gasteiger partial charge in [0.2, 0.25) is 17.7 Å². The van der Waals surface area contributed by atoms with Gasteiger partial charge in [0.05, 0.1) is 18.7 Å². The third kappa shape index (κ3) is 4.43. The van der Waals surface area contributed by atoms with Crippen LogP contribution >= 0.6 is 11.6 Å². The average Bonchev–Trinajstić information content (AvgIpc) is 3.03. The Morgan fingerprint density at radius 1 is 1.18 bits per heavy atom. The van der Waals surface area contributed by atoms with Crippen molar-refractivity contribution in [2.45, 2.75) is 13.3 Å². The molecular weight excluding hydrogens is 382 g/mol. The SMILES string of the molecule is COc1ccc(Cl)cc1NC(=O)[C@@H]1CC(=O)N(c2cccc(NC(C)=O)c2)C1. The van der Waals surface area contributed by atoms with Crippen LogP contribution in [-0.4, -0.2) is 31.4 Å². The highest BCUT2D eigenvalue weighted by Gasteiger charge is 2.35. The second-order valence-corrected chi connectivity index (χ2v) is 6.91. The zero-order chi connectivity index (χ0) is 20.3. The van der Waals surface area contributed by atoms with Crippen LogP contribution in [0.1, 0.15) is 13.3 Å². The monoisotopic (exact) mass is 401 g/mol. The molecule has 1 aliphatic rings. The van der Waals surface area contributed by atoms with Gasteiger partial charge in [0, 0.05) is 36.3 Å². The fraction of sp³-hybridized carbons (Fsp3) is 0.250. The largest absolute Gasteiger partial charge is 0.495 e. The Bertz CT molecular complexity index is 931.